The van der Waals surface area contributed by atoms with Crippen molar-refractivity contribution >= 4 is 0 Å². The molecule has 1 aromatic rings. The third-order valence-electron chi connectivity index (χ3n) is 2.17. The average Bonchev–Trinajstić information content (AvgIpc) is 2.33. The summed E-state index contributed by atoms with van der Waals surface area (Å²) in [6, 6.07) is 10.2. The predicted molar refractivity (Wildman–Crippen MR) is 71.6 cm³/mol. The largest absolute Gasteiger partial charge is 0.377 e. The zero-order chi connectivity index (χ0) is 12.1. The normalized spacial score (nSPS) is 9.44. The minimum atomic E-state index is 0.745. The third-order valence-corrected chi connectivity index (χ3v) is 2.17. The number of unbranched alkanes of at least 4 members (excludes halogenated alkanes) is 2. The summed E-state index contributed by atoms with van der Waals surface area (Å²) in [4.78, 5) is 0. The van der Waals surface area contributed by atoms with Crippen molar-refractivity contribution in [3.8, 4) is 0 Å². The molecular formula is C15H26O. The van der Waals surface area contributed by atoms with E-state index >= 15 is 0 Å². The van der Waals surface area contributed by atoms with Crippen molar-refractivity contribution in [1.82, 2.24) is 0 Å². The number of hydrogen-bond donors (Lipinski definition) is 0. The second-order valence-electron chi connectivity index (χ2n) is 3.89. The number of rotatable bonds is 6. The summed E-state index contributed by atoms with van der Waals surface area (Å²) >= 11 is 0. The first-order valence-corrected chi connectivity index (χ1v) is 6.46. The molecule has 0 heterocycles. The van der Waals surface area contributed by atoms with Crippen LogP contribution in [0.1, 0.15) is 52.0 Å². The molecule has 0 amide bonds. The Hall–Kier alpha value is -0.820. The minimum Gasteiger partial charge on any atom is -0.377 e. The molecule has 0 aliphatic carbocycles. The van der Waals surface area contributed by atoms with E-state index in [1.54, 1.807) is 0 Å². The van der Waals surface area contributed by atoms with Crippen molar-refractivity contribution in [3.05, 3.63) is 35.9 Å². The first-order chi connectivity index (χ1) is 7.85. The first-order valence-electron chi connectivity index (χ1n) is 6.46. The summed E-state index contributed by atoms with van der Waals surface area (Å²) in [7, 11) is 0. The third kappa shape index (κ3) is 9.72. The summed E-state index contributed by atoms with van der Waals surface area (Å²) in [5.74, 6) is 0. The summed E-state index contributed by atoms with van der Waals surface area (Å²) in [5.41, 5.74) is 1.25. The van der Waals surface area contributed by atoms with E-state index in [4.69, 9.17) is 4.74 Å². The van der Waals surface area contributed by atoms with Gasteiger partial charge in [0.05, 0.1) is 6.61 Å². The Morgan fingerprint density at radius 2 is 1.50 bits per heavy atom. The highest BCUT2D eigenvalue weighted by molar-refractivity contribution is 5.13. The van der Waals surface area contributed by atoms with Gasteiger partial charge < -0.3 is 4.74 Å². The van der Waals surface area contributed by atoms with Crippen molar-refractivity contribution in [1.29, 1.82) is 0 Å². The lowest BCUT2D eigenvalue weighted by Crippen LogP contribution is -1.92. The van der Waals surface area contributed by atoms with Gasteiger partial charge in [-0.05, 0) is 12.0 Å². The van der Waals surface area contributed by atoms with Crippen molar-refractivity contribution in [2.45, 2.75) is 53.1 Å². The maximum atomic E-state index is 5.37. The Labute approximate surface area is 101 Å². The lowest BCUT2D eigenvalue weighted by molar-refractivity contribution is 0.121. The van der Waals surface area contributed by atoms with E-state index in [-0.39, 0.29) is 0 Å². The molecule has 1 rings (SSSR count). The second kappa shape index (κ2) is 12.3. The zero-order valence-electron chi connectivity index (χ0n) is 11.0. The van der Waals surface area contributed by atoms with Gasteiger partial charge in [-0.25, -0.2) is 0 Å². The molecule has 0 fully saturated rings. The van der Waals surface area contributed by atoms with E-state index < -0.39 is 0 Å². The van der Waals surface area contributed by atoms with Crippen LogP contribution in [0, 0.1) is 0 Å². The highest BCUT2D eigenvalue weighted by atomic mass is 16.5. The van der Waals surface area contributed by atoms with Crippen LogP contribution in [-0.2, 0) is 11.3 Å². The van der Waals surface area contributed by atoms with Crippen molar-refractivity contribution in [2.75, 3.05) is 6.61 Å². The lowest BCUT2D eigenvalue weighted by Gasteiger charge is -2.00. The van der Waals surface area contributed by atoms with Gasteiger partial charge in [0.15, 0.2) is 0 Å². The van der Waals surface area contributed by atoms with Crippen LogP contribution in [0.25, 0.3) is 0 Å². The average molecular weight is 222 g/mol. The highest BCUT2D eigenvalue weighted by Crippen LogP contribution is 2.00. The lowest BCUT2D eigenvalue weighted by atomic mass is 10.2. The van der Waals surface area contributed by atoms with Crippen LogP contribution in [0.3, 0.4) is 0 Å². The van der Waals surface area contributed by atoms with Gasteiger partial charge in [0.1, 0.15) is 0 Å². The van der Waals surface area contributed by atoms with Gasteiger partial charge in [-0.3, -0.25) is 0 Å². The first kappa shape index (κ1) is 15.2. The standard InChI is InChI=1S/C10H14O.C5H12/c1-2-8-11-9-10-6-4-3-5-7-10;1-3-5-4-2/h3-7H,2,8-9H2,1H3;3-5H2,1-2H3. The van der Waals surface area contributed by atoms with E-state index in [0.717, 1.165) is 19.6 Å². The van der Waals surface area contributed by atoms with Gasteiger partial charge >= 0.3 is 0 Å². The molecule has 16 heavy (non-hydrogen) atoms. The van der Waals surface area contributed by atoms with Crippen LogP contribution >= 0.6 is 0 Å². The second-order valence-corrected chi connectivity index (χ2v) is 3.89. The Morgan fingerprint density at radius 3 is 1.94 bits per heavy atom. The molecule has 1 nitrogen and oxygen atoms in total. The molecule has 0 N–H and O–H groups in total. The molecular weight excluding hydrogens is 196 g/mol. The summed E-state index contributed by atoms with van der Waals surface area (Å²) in [6.07, 6.45) is 5.17. The fraction of sp³-hybridized carbons (Fsp3) is 0.600. The Morgan fingerprint density at radius 1 is 0.875 bits per heavy atom. The molecule has 1 aromatic carbocycles. The van der Waals surface area contributed by atoms with Crippen LogP contribution in [0.2, 0.25) is 0 Å². The molecule has 0 spiro atoms. The quantitative estimate of drug-likeness (QED) is 0.628. The highest BCUT2D eigenvalue weighted by Gasteiger charge is 1.88. The topological polar surface area (TPSA) is 9.23 Å². The number of hydrogen-bond acceptors (Lipinski definition) is 1. The van der Waals surface area contributed by atoms with E-state index in [9.17, 15) is 0 Å². The fourth-order valence-electron chi connectivity index (χ4n) is 1.26. The fourth-order valence-corrected chi connectivity index (χ4v) is 1.26. The van der Waals surface area contributed by atoms with Gasteiger partial charge in [0.2, 0.25) is 0 Å². The van der Waals surface area contributed by atoms with Gasteiger partial charge in [-0.2, -0.15) is 0 Å². The van der Waals surface area contributed by atoms with Crippen molar-refractivity contribution < 1.29 is 4.74 Å². The SMILES string of the molecule is CCCCC.CCCOCc1ccccc1. The van der Waals surface area contributed by atoms with Crippen LogP contribution in [0.5, 0.6) is 0 Å². The van der Waals surface area contributed by atoms with E-state index in [0.29, 0.717) is 0 Å². The molecule has 0 saturated carbocycles. The maximum Gasteiger partial charge on any atom is 0.0716 e. The zero-order valence-corrected chi connectivity index (χ0v) is 11.0. The predicted octanol–water partition coefficient (Wildman–Crippen LogP) is 4.81. The number of benzene rings is 1. The Kier molecular flexibility index (Phi) is 11.6. The van der Waals surface area contributed by atoms with Crippen molar-refractivity contribution in [3.63, 3.8) is 0 Å². The smallest absolute Gasteiger partial charge is 0.0716 e. The van der Waals surface area contributed by atoms with E-state index in [1.807, 2.05) is 18.2 Å². The summed E-state index contributed by atoms with van der Waals surface area (Å²) in [6.45, 7) is 8.14. The van der Waals surface area contributed by atoms with Gasteiger partial charge in [0.25, 0.3) is 0 Å². The van der Waals surface area contributed by atoms with Crippen LogP contribution in [-0.4, -0.2) is 6.61 Å². The maximum absolute atomic E-state index is 5.37. The Bertz CT molecular complexity index is 216. The van der Waals surface area contributed by atoms with Gasteiger partial charge in [0, 0.05) is 6.61 Å². The molecule has 0 unspecified atom stereocenters. The van der Waals surface area contributed by atoms with Crippen molar-refractivity contribution in [2.24, 2.45) is 0 Å². The molecule has 0 bridgehead atoms. The minimum absolute atomic E-state index is 0.745. The molecule has 0 aliphatic rings. The molecule has 92 valence electrons. The summed E-state index contributed by atoms with van der Waals surface area (Å²) in [5, 5.41) is 0. The van der Waals surface area contributed by atoms with Crippen LogP contribution < -0.4 is 0 Å². The summed E-state index contributed by atoms with van der Waals surface area (Å²) < 4.78 is 5.37. The molecule has 0 saturated heterocycles. The monoisotopic (exact) mass is 222 g/mol. The molecule has 0 aliphatic heterocycles. The van der Waals surface area contributed by atoms with Crippen LogP contribution in [0.4, 0.5) is 0 Å². The number of ether oxygens (including phenoxy) is 1. The van der Waals surface area contributed by atoms with Gasteiger partial charge in [-0.1, -0.05) is 70.4 Å². The molecule has 0 radical (unpaired) electrons. The Balaban J connectivity index is 0.000000385. The van der Waals surface area contributed by atoms with Crippen LogP contribution in [0.15, 0.2) is 30.3 Å². The molecule has 1 heteroatoms. The molecule has 0 atom stereocenters. The van der Waals surface area contributed by atoms with E-state index in [2.05, 4.69) is 32.9 Å². The molecule has 0 aromatic heterocycles. The van der Waals surface area contributed by atoms with E-state index in [1.165, 1.54) is 24.8 Å². The van der Waals surface area contributed by atoms with Gasteiger partial charge in [-0.15, -0.1) is 0 Å².